The standard InChI is InChI=1S/C19H19N3O4/c1-12(19(21)23)22-9-14-6-7-16(18-17(14)25-11-26-18)24-10-15-5-3-2-4-13(15)8-20/h2-7,12,22H,9-11H2,1H3,(H2,21,23)/t12-/m0/s1. The average molecular weight is 353 g/mol. The van der Waals surface area contributed by atoms with Crippen LogP contribution in [0.1, 0.15) is 23.6 Å². The number of benzene rings is 2. The Balaban J connectivity index is 1.75. The number of carbonyl (C=O) groups is 1. The van der Waals surface area contributed by atoms with E-state index in [0.717, 1.165) is 11.1 Å². The van der Waals surface area contributed by atoms with Crippen LogP contribution in [0.25, 0.3) is 0 Å². The van der Waals surface area contributed by atoms with E-state index >= 15 is 0 Å². The molecular weight excluding hydrogens is 334 g/mol. The lowest BCUT2D eigenvalue weighted by Crippen LogP contribution is -2.38. The maximum Gasteiger partial charge on any atom is 0.234 e. The number of nitrogens with two attached hydrogens (primary N) is 1. The van der Waals surface area contributed by atoms with Gasteiger partial charge in [0.1, 0.15) is 6.61 Å². The van der Waals surface area contributed by atoms with Crippen LogP contribution in [0.2, 0.25) is 0 Å². The van der Waals surface area contributed by atoms with Crippen LogP contribution in [0.3, 0.4) is 0 Å². The van der Waals surface area contributed by atoms with Crippen molar-refractivity contribution in [3.8, 4) is 23.3 Å². The van der Waals surface area contributed by atoms with Crippen molar-refractivity contribution in [1.82, 2.24) is 5.32 Å². The fraction of sp³-hybridized carbons (Fsp3) is 0.263. The van der Waals surface area contributed by atoms with Gasteiger partial charge in [-0.1, -0.05) is 24.3 Å². The summed E-state index contributed by atoms with van der Waals surface area (Å²) in [6, 6.07) is 12.6. The molecule has 7 nitrogen and oxygen atoms in total. The first-order valence-electron chi connectivity index (χ1n) is 8.15. The van der Waals surface area contributed by atoms with Crippen LogP contribution in [0.15, 0.2) is 36.4 Å². The number of fused-ring (bicyclic) bond motifs is 1. The van der Waals surface area contributed by atoms with Crippen LogP contribution in [-0.4, -0.2) is 18.7 Å². The zero-order chi connectivity index (χ0) is 18.5. The summed E-state index contributed by atoms with van der Waals surface area (Å²) < 4.78 is 16.9. The van der Waals surface area contributed by atoms with Crippen molar-refractivity contribution in [2.45, 2.75) is 26.1 Å². The zero-order valence-electron chi connectivity index (χ0n) is 14.3. The van der Waals surface area contributed by atoms with E-state index in [2.05, 4.69) is 11.4 Å². The zero-order valence-corrected chi connectivity index (χ0v) is 14.3. The molecule has 0 unspecified atom stereocenters. The van der Waals surface area contributed by atoms with Gasteiger partial charge in [-0.05, 0) is 19.1 Å². The lowest BCUT2D eigenvalue weighted by Gasteiger charge is -2.14. The number of ether oxygens (including phenoxy) is 3. The van der Waals surface area contributed by atoms with E-state index in [1.54, 1.807) is 19.1 Å². The first kappa shape index (κ1) is 17.6. The largest absolute Gasteiger partial charge is 0.485 e. The lowest BCUT2D eigenvalue weighted by atomic mass is 10.1. The molecule has 1 atom stereocenters. The van der Waals surface area contributed by atoms with Gasteiger partial charge in [-0.3, -0.25) is 4.79 Å². The molecule has 0 radical (unpaired) electrons. The van der Waals surface area contributed by atoms with Crippen molar-refractivity contribution in [1.29, 1.82) is 5.26 Å². The first-order valence-corrected chi connectivity index (χ1v) is 8.15. The van der Waals surface area contributed by atoms with Crippen molar-refractivity contribution in [2.24, 2.45) is 5.73 Å². The van der Waals surface area contributed by atoms with E-state index in [4.69, 9.17) is 25.2 Å². The predicted molar refractivity (Wildman–Crippen MR) is 93.6 cm³/mol. The van der Waals surface area contributed by atoms with Crippen LogP contribution in [-0.2, 0) is 17.9 Å². The van der Waals surface area contributed by atoms with E-state index in [9.17, 15) is 4.79 Å². The summed E-state index contributed by atoms with van der Waals surface area (Å²) in [5, 5.41) is 12.2. The fourth-order valence-electron chi connectivity index (χ4n) is 2.55. The average Bonchev–Trinajstić information content (AvgIpc) is 3.15. The molecule has 0 spiro atoms. The van der Waals surface area contributed by atoms with Gasteiger partial charge in [0.2, 0.25) is 18.4 Å². The Morgan fingerprint density at radius 2 is 2.04 bits per heavy atom. The van der Waals surface area contributed by atoms with Crippen molar-refractivity contribution in [3.05, 3.63) is 53.1 Å². The van der Waals surface area contributed by atoms with Crippen LogP contribution in [0.5, 0.6) is 17.2 Å². The van der Waals surface area contributed by atoms with Crippen LogP contribution >= 0.6 is 0 Å². The highest BCUT2D eigenvalue weighted by Gasteiger charge is 2.23. The molecule has 0 aromatic heterocycles. The van der Waals surface area contributed by atoms with Gasteiger partial charge in [0.15, 0.2) is 11.5 Å². The Labute approximate surface area is 151 Å². The summed E-state index contributed by atoms with van der Waals surface area (Å²) in [6.45, 7) is 2.45. The third-order valence-electron chi connectivity index (χ3n) is 4.11. The van der Waals surface area contributed by atoms with Crippen LogP contribution < -0.4 is 25.3 Å². The van der Waals surface area contributed by atoms with Gasteiger partial charge >= 0.3 is 0 Å². The van der Waals surface area contributed by atoms with E-state index in [1.807, 2.05) is 24.3 Å². The van der Waals surface area contributed by atoms with E-state index in [1.165, 1.54) is 0 Å². The SMILES string of the molecule is C[C@H](NCc1ccc(OCc2ccccc2C#N)c2c1OCO2)C(N)=O. The Kier molecular flexibility index (Phi) is 5.25. The number of nitriles is 1. The molecule has 0 saturated carbocycles. The normalized spacial score (nSPS) is 13.1. The molecule has 3 N–H and O–H groups in total. The number of nitrogens with one attached hydrogen (secondary N) is 1. The minimum Gasteiger partial charge on any atom is -0.485 e. The summed E-state index contributed by atoms with van der Waals surface area (Å²) >= 11 is 0. The number of amides is 1. The van der Waals surface area contributed by atoms with E-state index in [0.29, 0.717) is 29.4 Å². The van der Waals surface area contributed by atoms with Crippen molar-refractivity contribution < 1.29 is 19.0 Å². The maximum absolute atomic E-state index is 11.1. The van der Waals surface area contributed by atoms with E-state index < -0.39 is 11.9 Å². The lowest BCUT2D eigenvalue weighted by molar-refractivity contribution is -0.119. The molecule has 26 heavy (non-hydrogen) atoms. The van der Waals surface area contributed by atoms with Crippen molar-refractivity contribution in [2.75, 3.05) is 6.79 Å². The second-order valence-electron chi connectivity index (χ2n) is 5.85. The monoisotopic (exact) mass is 353 g/mol. The van der Waals surface area contributed by atoms with Crippen LogP contribution in [0, 0.1) is 11.3 Å². The molecule has 1 aliphatic rings. The summed E-state index contributed by atoms with van der Waals surface area (Å²) in [5.41, 5.74) is 7.47. The quantitative estimate of drug-likeness (QED) is 0.786. The Bertz CT molecular complexity index is 860. The molecular formula is C19H19N3O4. The maximum atomic E-state index is 11.1. The second-order valence-corrected chi connectivity index (χ2v) is 5.85. The van der Waals surface area contributed by atoms with Gasteiger partial charge in [0.25, 0.3) is 0 Å². The third-order valence-corrected chi connectivity index (χ3v) is 4.11. The molecule has 7 heteroatoms. The minimum absolute atomic E-state index is 0.100. The topological polar surface area (TPSA) is 107 Å². The molecule has 2 aromatic rings. The third kappa shape index (κ3) is 3.71. The molecule has 0 bridgehead atoms. The molecule has 3 rings (SSSR count). The summed E-state index contributed by atoms with van der Waals surface area (Å²) in [4.78, 5) is 11.1. The Hall–Kier alpha value is -3.24. The van der Waals surface area contributed by atoms with Gasteiger partial charge in [-0.25, -0.2) is 0 Å². The predicted octanol–water partition coefficient (Wildman–Crippen LogP) is 1.83. The van der Waals surface area contributed by atoms with Gasteiger partial charge < -0.3 is 25.3 Å². The van der Waals surface area contributed by atoms with Crippen molar-refractivity contribution >= 4 is 5.91 Å². The molecule has 1 amide bonds. The molecule has 1 aliphatic heterocycles. The van der Waals surface area contributed by atoms with Crippen LogP contribution in [0.4, 0.5) is 0 Å². The minimum atomic E-state index is -0.452. The highest BCUT2D eigenvalue weighted by Crippen LogP contribution is 2.43. The highest BCUT2D eigenvalue weighted by molar-refractivity contribution is 5.79. The fourth-order valence-corrected chi connectivity index (χ4v) is 2.55. The number of nitrogens with zero attached hydrogens (tertiary/aromatic N) is 1. The molecule has 2 aromatic carbocycles. The molecule has 134 valence electrons. The molecule has 0 fully saturated rings. The van der Waals surface area contributed by atoms with Gasteiger partial charge in [0.05, 0.1) is 17.7 Å². The number of carbonyl (C=O) groups excluding carboxylic acids is 1. The number of hydrogen-bond acceptors (Lipinski definition) is 6. The smallest absolute Gasteiger partial charge is 0.234 e. The number of rotatable bonds is 7. The summed E-state index contributed by atoms with van der Waals surface area (Å²) in [5.74, 6) is 1.22. The summed E-state index contributed by atoms with van der Waals surface area (Å²) in [7, 11) is 0. The molecule has 0 saturated heterocycles. The highest BCUT2D eigenvalue weighted by atomic mass is 16.7. The first-order chi connectivity index (χ1) is 12.6. The van der Waals surface area contributed by atoms with Gasteiger partial charge in [0, 0.05) is 17.7 Å². The Morgan fingerprint density at radius 3 is 2.81 bits per heavy atom. The number of hydrogen-bond donors (Lipinski definition) is 2. The van der Waals surface area contributed by atoms with Gasteiger partial charge in [-0.15, -0.1) is 0 Å². The summed E-state index contributed by atoms with van der Waals surface area (Å²) in [6.07, 6.45) is 0. The van der Waals surface area contributed by atoms with E-state index in [-0.39, 0.29) is 13.4 Å². The second kappa shape index (κ2) is 7.76. The van der Waals surface area contributed by atoms with Gasteiger partial charge in [-0.2, -0.15) is 5.26 Å². The molecule has 0 aliphatic carbocycles. The number of primary amides is 1. The molecule has 1 heterocycles. The Morgan fingerprint density at radius 1 is 1.27 bits per heavy atom. The van der Waals surface area contributed by atoms with Crippen molar-refractivity contribution in [3.63, 3.8) is 0 Å².